The number of alkyl halides is 3. The van der Waals surface area contributed by atoms with Gasteiger partial charge < -0.3 is 9.88 Å². The predicted molar refractivity (Wildman–Crippen MR) is 105 cm³/mol. The van der Waals surface area contributed by atoms with E-state index in [4.69, 9.17) is 11.6 Å². The highest BCUT2D eigenvalue weighted by Gasteiger charge is 2.33. The number of hydrogen-bond acceptors (Lipinski definition) is 4. The number of fused-ring (bicyclic) bond motifs is 1. The van der Waals surface area contributed by atoms with Gasteiger partial charge >= 0.3 is 6.18 Å². The van der Waals surface area contributed by atoms with Gasteiger partial charge in [0.1, 0.15) is 11.5 Å². The molecule has 0 aliphatic rings. The summed E-state index contributed by atoms with van der Waals surface area (Å²) in [6, 6.07) is 7.32. The van der Waals surface area contributed by atoms with Gasteiger partial charge in [-0.2, -0.15) is 28.2 Å². The Morgan fingerprint density at radius 1 is 1.07 bits per heavy atom. The first-order valence-electron chi connectivity index (χ1n) is 8.64. The lowest BCUT2D eigenvalue weighted by Crippen LogP contribution is -2.09. The molecule has 0 fully saturated rings. The maximum absolute atomic E-state index is 13.2. The Balaban J connectivity index is 1.85. The van der Waals surface area contributed by atoms with Crippen LogP contribution >= 0.6 is 11.6 Å². The molecular formula is C19H16ClF3N6. The minimum atomic E-state index is -4.56. The van der Waals surface area contributed by atoms with Crippen LogP contribution in [-0.4, -0.2) is 24.3 Å². The minimum absolute atomic E-state index is 0.213. The Kier molecular flexibility index (Phi) is 4.49. The molecule has 1 N–H and O–H groups in total. The number of hydrogen-bond donors (Lipinski definition) is 1. The molecule has 29 heavy (non-hydrogen) atoms. The van der Waals surface area contributed by atoms with E-state index in [-0.39, 0.29) is 10.7 Å². The number of anilines is 2. The fraction of sp³-hybridized carbons (Fsp3) is 0.211. The average molecular weight is 421 g/mol. The van der Waals surface area contributed by atoms with Gasteiger partial charge in [0.15, 0.2) is 0 Å². The van der Waals surface area contributed by atoms with Crippen LogP contribution < -0.4 is 5.32 Å². The molecule has 4 rings (SSSR count). The lowest BCUT2D eigenvalue weighted by atomic mass is 10.2. The molecule has 0 bridgehead atoms. The first-order valence-corrected chi connectivity index (χ1v) is 9.02. The van der Waals surface area contributed by atoms with E-state index in [0.29, 0.717) is 22.8 Å². The minimum Gasteiger partial charge on any atom is -0.339 e. The van der Waals surface area contributed by atoms with Crippen molar-refractivity contribution in [1.82, 2.24) is 24.3 Å². The van der Waals surface area contributed by atoms with E-state index >= 15 is 0 Å². The highest BCUT2D eigenvalue weighted by molar-refractivity contribution is 6.31. The van der Waals surface area contributed by atoms with Crippen LogP contribution in [0.2, 0.25) is 5.02 Å². The van der Waals surface area contributed by atoms with Gasteiger partial charge in [0.2, 0.25) is 0 Å². The molecule has 1 aromatic carbocycles. The second-order valence-electron chi connectivity index (χ2n) is 6.69. The van der Waals surface area contributed by atoms with Crippen molar-refractivity contribution in [2.45, 2.75) is 20.0 Å². The van der Waals surface area contributed by atoms with Crippen LogP contribution in [0, 0.1) is 13.8 Å². The summed E-state index contributed by atoms with van der Waals surface area (Å²) in [5.41, 5.74) is 1.56. The van der Waals surface area contributed by atoms with Crippen molar-refractivity contribution in [1.29, 1.82) is 0 Å². The lowest BCUT2D eigenvalue weighted by molar-refractivity contribution is -0.137. The SMILES string of the molecule is Cc1cc(C)n(-c2nc(Nc3ccc(Cl)c(C(F)(F)F)c3)c3ccn(C)c3n2)n1. The molecule has 0 radical (unpaired) electrons. The third-order valence-electron chi connectivity index (χ3n) is 4.45. The topological polar surface area (TPSA) is 60.6 Å². The lowest BCUT2D eigenvalue weighted by Gasteiger charge is -2.13. The smallest absolute Gasteiger partial charge is 0.339 e. The van der Waals surface area contributed by atoms with E-state index in [1.54, 1.807) is 21.5 Å². The zero-order chi connectivity index (χ0) is 20.9. The van der Waals surface area contributed by atoms with E-state index in [1.807, 2.05) is 27.0 Å². The number of aryl methyl sites for hydroxylation is 3. The Morgan fingerprint density at radius 3 is 2.48 bits per heavy atom. The van der Waals surface area contributed by atoms with Crippen LogP contribution in [0.5, 0.6) is 0 Å². The second kappa shape index (κ2) is 6.77. The summed E-state index contributed by atoms with van der Waals surface area (Å²) in [6.07, 6.45) is -2.75. The predicted octanol–water partition coefficient (Wildman–Crippen LogP) is 5.19. The van der Waals surface area contributed by atoms with Gasteiger partial charge in [0.25, 0.3) is 5.95 Å². The third-order valence-corrected chi connectivity index (χ3v) is 4.78. The van der Waals surface area contributed by atoms with E-state index in [2.05, 4.69) is 20.4 Å². The van der Waals surface area contributed by atoms with E-state index in [9.17, 15) is 13.2 Å². The van der Waals surface area contributed by atoms with Crippen molar-refractivity contribution in [3.63, 3.8) is 0 Å². The first-order chi connectivity index (χ1) is 13.6. The van der Waals surface area contributed by atoms with Gasteiger partial charge in [-0.15, -0.1) is 0 Å². The molecule has 150 valence electrons. The van der Waals surface area contributed by atoms with E-state index in [1.165, 1.54) is 12.1 Å². The third kappa shape index (κ3) is 3.53. The van der Waals surface area contributed by atoms with Gasteiger partial charge in [-0.05, 0) is 44.2 Å². The number of halogens is 4. The van der Waals surface area contributed by atoms with E-state index < -0.39 is 11.7 Å². The average Bonchev–Trinajstić information content (AvgIpc) is 3.17. The molecule has 10 heteroatoms. The second-order valence-corrected chi connectivity index (χ2v) is 7.10. The van der Waals surface area contributed by atoms with Gasteiger partial charge in [-0.1, -0.05) is 11.6 Å². The molecule has 6 nitrogen and oxygen atoms in total. The Hall–Kier alpha value is -3.07. The summed E-state index contributed by atoms with van der Waals surface area (Å²) in [7, 11) is 1.83. The summed E-state index contributed by atoms with van der Waals surface area (Å²) in [5.74, 6) is 0.686. The molecule has 0 saturated carbocycles. The fourth-order valence-electron chi connectivity index (χ4n) is 3.10. The molecule has 4 aromatic rings. The molecule has 3 heterocycles. The summed E-state index contributed by atoms with van der Waals surface area (Å²) in [4.78, 5) is 9.08. The molecule has 3 aromatic heterocycles. The van der Waals surface area contributed by atoms with Crippen molar-refractivity contribution >= 4 is 34.1 Å². The molecule has 0 unspecified atom stereocenters. The van der Waals surface area contributed by atoms with Crippen molar-refractivity contribution in [2.75, 3.05) is 5.32 Å². The monoisotopic (exact) mass is 420 g/mol. The van der Waals surface area contributed by atoms with Gasteiger partial charge in [0, 0.05) is 24.6 Å². The van der Waals surface area contributed by atoms with Crippen molar-refractivity contribution < 1.29 is 13.2 Å². The van der Waals surface area contributed by atoms with Crippen molar-refractivity contribution in [3.8, 4) is 5.95 Å². The molecule has 0 amide bonds. The molecule has 0 aliphatic heterocycles. The highest BCUT2D eigenvalue weighted by atomic mass is 35.5. The van der Waals surface area contributed by atoms with Gasteiger partial charge in [-0.25, -0.2) is 4.68 Å². The molecule has 0 saturated heterocycles. The van der Waals surface area contributed by atoms with Crippen LogP contribution in [0.15, 0.2) is 36.5 Å². The van der Waals surface area contributed by atoms with Gasteiger partial charge in [-0.3, -0.25) is 0 Å². The fourth-order valence-corrected chi connectivity index (χ4v) is 3.33. The molecule has 0 spiro atoms. The standard InChI is InChI=1S/C19H16ClF3N6/c1-10-8-11(2)29(27-10)18-25-16(13-6-7-28(3)17(13)26-18)24-12-4-5-15(20)14(9-12)19(21,22)23/h4-9H,1-3H3,(H,24,25,26). The number of aromatic nitrogens is 5. The summed E-state index contributed by atoms with van der Waals surface area (Å²) < 4.78 is 43.0. The van der Waals surface area contributed by atoms with E-state index in [0.717, 1.165) is 17.5 Å². The highest BCUT2D eigenvalue weighted by Crippen LogP contribution is 2.37. The largest absolute Gasteiger partial charge is 0.417 e. The Morgan fingerprint density at radius 2 is 1.83 bits per heavy atom. The zero-order valence-electron chi connectivity index (χ0n) is 15.7. The summed E-state index contributed by atoms with van der Waals surface area (Å²) in [6.45, 7) is 3.73. The quantitative estimate of drug-likeness (QED) is 0.495. The zero-order valence-corrected chi connectivity index (χ0v) is 16.5. The van der Waals surface area contributed by atoms with Crippen LogP contribution in [0.1, 0.15) is 17.0 Å². The number of benzene rings is 1. The van der Waals surface area contributed by atoms with Crippen molar-refractivity contribution in [2.24, 2.45) is 7.05 Å². The maximum atomic E-state index is 13.2. The van der Waals surface area contributed by atoms with Crippen LogP contribution in [0.3, 0.4) is 0 Å². The summed E-state index contributed by atoms with van der Waals surface area (Å²) in [5, 5.41) is 7.67. The van der Waals surface area contributed by atoms with Crippen LogP contribution in [0.4, 0.5) is 24.7 Å². The van der Waals surface area contributed by atoms with Crippen molar-refractivity contribution in [3.05, 3.63) is 58.5 Å². The molecule has 0 atom stereocenters. The normalized spacial score (nSPS) is 12.0. The number of nitrogens with one attached hydrogen (secondary N) is 1. The number of rotatable bonds is 3. The van der Waals surface area contributed by atoms with Crippen LogP contribution in [0.25, 0.3) is 17.0 Å². The summed E-state index contributed by atoms with van der Waals surface area (Å²) >= 11 is 5.72. The first kappa shape index (κ1) is 19.3. The van der Waals surface area contributed by atoms with Crippen LogP contribution in [-0.2, 0) is 13.2 Å². The Bertz CT molecular complexity index is 1220. The molecule has 0 aliphatic carbocycles. The molecular weight excluding hydrogens is 405 g/mol. The maximum Gasteiger partial charge on any atom is 0.417 e. The number of nitrogens with zero attached hydrogens (tertiary/aromatic N) is 5. The Labute approximate surface area is 169 Å². The van der Waals surface area contributed by atoms with Gasteiger partial charge in [0.05, 0.1) is 21.7 Å².